The van der Waals surface area contributed by atoms with Gasteiger partial charge in [-0.1, -0.05) is 23.7 Å². The van der Waals surface area contributed by atoms with Gasteiger partial charge in [0.15, 0.2) is 0 Å². The highest BCUT2D eigenvalue weighted by Gasteiger charge is 2.24. The molecule has 8 heteroatoms. The number of nitrogens with zero attached hydrogens (tertiary/aromatic N) is 2. The van der Waals surface area contributed by atoms with Gasteiger partial charge >= 0.3 is 0 Å². The van der Waals surface area contributed by atoms with Crippen LogP contribution in [-0.2, 0) is 0 Å². The molecule has 3 nitrogen and oxygen atoms in total. The summed E-state index contributed by atoms with van der Waals surface area (Å²) in [6.45, 7) is 0. The summed E-state index contributed by atoms with van der Waals surface area (Å²) in [4.78, 5) is 14.5. The van der Waals surface area contributed by atoms with Gasteiger partial charge in [-0.2, -0.15) is 22.5 Å². The van der Waals surface area contributed by atoms with Crippen molar-refractivity contribution in [3.8, 4) is 5.69 Å². The van der Waals surface area contributed by atoms with Crippen LogP contribution >= 0.6 is 11.5 Å². The molecule has 0 saturated carbocycles. The molecule has 0 radical (unpaired) electrons. The molecule has 1 aromatic carbocycles. The summed E-state index contributed by atoms with van der Waals surface area (Å²) in [5.41, 5.74) is -1.85. The molecule has 2 heterocycles. The van der Waals surface area contributed by atoms with Crippen LogP contribution in [0.25, 0.3) is 15.8 Å². The van der Waals surface area contributed by atoms with E-state index in [2.05, 4.69) is 4.98 Å². The van der Waals surface area contributed by atoms with Crippen LogP contribution in [0, 0.1) is 23.5 Å². The molecule has 2 aromatic heterocycles. The van der Waals surface area contributed by atoms with Gasteiger partial charge in [-0.25, -0.2) is 3.96 Å². The van der Waals surface area contributed by atoms with Crippen molar-refractivity contribution < 1.29 is 17.6 Å². The van der Waals surface area contributed by atoms with Gasteiger partial charge < -0.3 is 0 Å². The van der Waals surface area contributed by atoms with E-state index in [1.54, 1.807) is 18.2 Å². The maximum atomic E-state index is 13.6. The van der Waals surface area contributed by atoms with E-state index in [9.17, 15) is 22.4 Å². The Morgan fingerprint density at radius 1 is 1.00 bits per heavy atom. The van der Waals surface area contributed by atoms with E-state index in [0.29, 0.717) is 20.2 Å². The Labute approximate surface area is 112 Å². The van der Waals surface area contributed by atoms with Crippen molar-refractivity contribution in [2.75, 3.05) is 0 Å². The third kappa shape index (κ3) is 1.72. The number of pyridine rings is 1. The summed E-state index contributed by atoms with van der Waals surface area (Å²) in [5, 5.41) is 0.203. The van der Waals surface area contributed by atoms with Gasteiger partial charge in [-0.15, -0.1) is 0 Å². The summed E-state index contributed by atoms with van der Waals surface area (Å²) < 4.78 is 54.5. The van der Waals surface area contributed by atoms with Crippen molar-refractivity contribution in [1.29, 1.82) is 0 Å². The van der Waals surface area contributed by atoms with Crippen molar-refractivity contribution in [3.63, 3.8) is 0 Å². The number of aromatic nitrogens is 2. The van der Waals surface area contributed by atoms with Gasteiger partial charge in [0.25, 0.3) is 17.5 Å². The maximum Gasteiger partial charge on any atom is 0.273 e. The molecule has 0 atom stereocenters. The largest absolute Gasteiger partial charge is 0.273 e. The van der Waals surface area contributed by atoms with E-state index >= 15 is 0 Å². The molecule has 3 aromatic rings. The van der Waals surface area contributed by atoms with Crippen LogP contribution in [-0.4, -0.2) is 8.94 Å². The molecule has 102 valence electrons. The first kappa shape index (κ1) is 12.8. The Morgan fingerprint density at radius 2 is 1.60 bits per heavy atom. The van der Waals surface area contributed by atoms with Gasteiger partial charge in [0, 0.05) is 0 Å². The SMILES string of the molecule is O=c1c2ccccc2sn1-c1c(F)c(F)nc(F)c1F. The zero-order chi connectivity index (χ0) is 14.4. The lowest BCUT2D eigenvalue weighted by Crippen LogP contribution is -2.16. The Hall–Kier alpha value is -2.22. The predicted octanol–water partition coefficient (Wildman–Crippen LogP) is 3.00. The van der Waals surface area contributed by atoms with Crippen LogP contribution in [0.15, 0.2) is 29.1 Å². The Morgan fingerprint density at radius 3 is 2.20 bits per heavy atom. The molecule has 0 aliphatic rings. The molecule has 0 aliphatic carbocycles. The standard InChI is InChI=1S/C12H4F4N2OS/c13-7-9(8(14)11(16)17-10(7)15)18-12(19)5-3-1-2-4-6(5)20-18/h1-4H. The molecular formula is C12H4F4N2OS. The van der Waals surface area contributed by atoms with Crippen molar-refractivity contribution >= 4 is 21.6 Å². The van der Waals surface area contributed by atoms with E-state index in [1.807, 2.05) is 0 Å². The van der Waals surface area contributed by atoms with Gasteiger partial charge in [-0.3, -0.25) is 4.79 Å². The highest BCUT2D eigenvalue weighted by Crippen LogP contribution is 2.25. The summed E-state index contributed by atoms with van der Waals surface area (Å²) in [5.74, 6) is -7.03. The minimum absolute atomic E-state index is 0.203. The maximum absolute atomic E-state index is 13.6. The molecular weight excluding hydrogens is 296 g/mol. The molecule has 0 saturated heterocycles. The fourth-order valence-corrected chi connectivity index (χ4v) is 2.80. The highest BCUT2D eigenvalue weighted by molar-refractivity contribution is 7.14. The molecule has 0 fully saturated rings. The summed E-state index contributed by atoms with van der Waals surface area (Å²) in [7, 11) is 0. The predicted molar refractivity (Wildman–Crippen MR) is 65.0 cm³/mol. The van der Waals surface area contributed by atoms with Crippen LogP contribution in [0.5, 0.6) is 0 Å². The summed E-state index contributed by atoms with van der Waals surface area (Å²) >= 11 is 0.686. The van der Waals surface area contributed by atoms with E-state index in [-0.39, 0.29) is 5.39 Å². The van der Waals surface area contributed by atoms with Gasteiger partial charge in [0.2, 0.25) is 11.6 Å². The van der Waals surface area contributed by atoms with E-state index < -0.39 is 34.8 Å². The fraction of sp³-hybridized carbons (Fsp3) is 0. The zero-order valence-electron chi connectivity index (χ0n) is 9.53. The van der Waals surface area contributed by atoms with Crippen molar-refractivity contribution in [2.24, 2.45) is 0 Å². The average molecular weight is 300 g/mol. The molecule has 3 rings (SSSR count). The van der Waals surface area contributed by atoms with E-state index in [0.717, 1.165) is 0 Å². The third-order valence-electron chi connectivity index (χ3n) is 2.67. The molecule has 20 heavy (non-hydrogen) atoms. The minimum Gasteiger partial charge on any atom is -0.267 e. The first-order valence-electron chi connectivity index (χ1n) is 5.32. The summed E-state index contributed by atoms with van der Waals surface area (Å²) in [6.07, 6.45) is 0. The lowest BCUT2D eigenvalue weighted by Gasteiger charge is -2.04. The van der Waals surface area contributed by atoms with Crippen LogP contribution in [0.4, 0.5) is 17.6 Å². The first-order chi connectivity index (χ1) is 9.50. The molecule has 0 aliphatic heterocycles. The molecule has 0 spiro atoms. The normalized spacial score (nSPS) is 11.2. The minimum atomic E-state index is -1.80. The monoisotopic (exact) mass is 300 g/mol. The van der Waals surface area contributed by atoms with Crippen LogP contribution in [0.1, 0.15) is 0 Å². The van der Waals surface area contributed by atoms with Gasteiger partial charge in [-0.05, 0) is 12.1 Å². The third-order valence-corrected chi connectivity index (χ3v) is 3.75. The average Bonchev–Trinajstić information content (AvgIpc) is 2.75. The second-order valence-electron chi connectivity index (χ2n) is 3.86. The molecule has 0 bridgehead atoms. The Kier molecular flexibility index (Phi) is 2.82. The van der Waals surface area contributed by atoms with Crippen LogP contribution < -0.4 is 5.56 Å². The lowest BCUT2D eigenvalue weighted by atomic mass is 10.3. The quantitative estimate of drug-likeness (QED) is 0.511. The van der Waals surface area contributed by atoms with Crippen molar-refractivity contribution in [3.05, 3.63) is 58.1 Å². The van der Waals surface area contributed by atoms with E-state index in [4.69, 9.17) is 0 Å². The first-order valence-corrected chi connectivity index (χ1v) is 6.09. The second-order valence-corrected chi connectivity index (χ2v) is 4.84. The van der Waals surface area contributed by atoms with Gasteiger partial charge in [0.05, 0.1) is 10.1 Å². The number of fused-ring (bicyclic) bond motifs is 1. The van der Waals surface area contributed by atoms with E-state index in [1.165, 1.54) is 6.07 Å². The molecule has 0 unspecified atom stereocenters. The highest BCUT2D eigenvalue weighted by atomic mass is 32.1. The number of hydrogen-bond donors (Lipinski definition) is 0. The van der Waals surface area contributed by atoms with Crippen LogP contribution in [0.2, 0.25) is 0 Å². The Balaban J connectivity index is 2.43. The van der Waals surface area contributed by atoms with Crippen LogP contribution in [0.3, 0.4) is 0 Å². The number of rotatable bonds is 1. The fourth-order valence-electron chi connectivity index (χ4n) is 1.77. The summed E-state index contributed by atoms with van der Waals surface area (Å²) in [6, 6.07) is 6.21. The number of halogens is 4. The Bertz CT molecular complexity index is 861. The lowest BCUT2D eigenvalue weighted by molar-refractivity contribution is 0.403. The second kappa shape index (κ2) is 4.41. The van der Waals surface area contributed by atoms with Crippen molar-refractivity contribution in [2.45, 2.75) is 0 Å². The van der Waals surface area contributed by atoms with Gasteiger partial charge in [0.1, 0.15) is 5.69 Å². The smallest absolute Gasteiger partial charge is 0.267 e. The topological polar surface area (TPSA) is 34.9 Å². The zero-order valence-corrected chi connectivity index (χ0v) is 10.3. The molecule has 0 amide bonds. The molecule has 0 N–H and O–H groups in total. The number of benzene rings is 1. The van der Waals surface area contributed by atoms with Crippen molar-refractivity contribution in [1.82, 2.24) is 8.94 Å². The number of hydrogen-bond acceptors (Lipinski definition) is 3.